The van der Waals surface area contributed by atoms with Gasteiger partial charge in [-0.3, -0.25) is 14.7 Å². The number of amides is 1. The highest BCUT2D eigenvalue weighted by Crippen LogP contribution is 2.34. The molecule has 1 aromatic rings. The van der Waals surface area contributed by atoms with Gasteiger partial charge in [-0.05, 0) is 36.0 Å². The summed E-state index contributed by atoms with van der Waals surface area (Å²) in [5, 5.41) is 9.27. The fraction of sp³-hybridized carbons (Fsp3) is 0.214. The van der Waals surface area contributed by atoms with Crippen molar-refractivity contribution in [3.63, 3.8) is 0 Å². The van der Waals surface area contributed by atoms with Gasteiger partial charge in [-0.1, -0.05) is 15.9 Å². The van der Waals surface area contributed by atoms with Crippen LogP contribution in [-0.2, 0) is 4.79 Å². The van der Waals surface area contributed by atoms with Crippen molar-refractivity contribution in [3.05, 3.63) is 33.1 Å². The second-order valence-corrected chi connectivity index (χ2v) is 6.03. The SMILES string of the molecule is CN=C1S/C(=C/c2cc(Br)ccc2OCC#N)C(=O)N1C. The first-order chi connectivity index (χ1) is 10.1. The monoisotopic (exact) mass is 365 g/mol. The zero-order valence-corrected chi connectivity index (χ0v) is 13.9. The lowest BCUT2D eigenvalue weighted by Crippen LogP contribution is -2.23. The molecule has 0 aromatic heterocycles. The molecule has 0 spiro atoms. The average Bonchev–Trinajstić information content (AvgIpc) is 2.74. The Labute approximate surface area is 135 Å². The van der Waals surface area contributed by atoms with Gasteiger partial charge >= 0.3 is 0 Å². The molecule has 1 heterocycles. The first-order valence-electron chi connectivity index (χ1n) is 6.00. The summed E-state index contributed by atoms with van der Waals surface area (Å²) < 4.78 is 6.24. The van der Waals surface area contributed by atoms with E-state index in [1.807, 2.05) is 18.2 Å². The van der Waals surface area contributed by atoms with Gasteiger partial charge in [0, 0.05) is 24.1 Å². The Morgan fingerprint density at radius 1 is 1.57 bits per heavy atom. The molecule has 1 aromatic carbocycles. The summed E-state index contributed by atoms with van der Waals surface area (Å²) in [6, 6.07) is 7.35. The molecule has 0 atom stereocenters. The molecule has 0 radical (unpaired) electrons. The van der Waals surface area contributed by atoms with E-state index in [0.29, 0.717) is 15.8 Å². The summed E-state index contributed by atoms with van der Waals surface area (Å²) in [5.74, 6) is 0.456. The molecular formula is C14H12BrN3O2S. The Hall–Kier alpha value is -1.78. The van der Waals surface area contributed by atoms with Crippen molar-refractivity contribution in [2.75, 3.05) is 20.7 Å². The van der Waals surface area contributed by atoms with E-state index in [-0.39, 0.29) is 12.5 Å². The van der Waals surface area contributed by atoms with E-state index < -0.39 is 0 Å². The summed E-state index contributed by atoms with van der Waals surface area (Å²) in [5.41, 5.74) is 0.737. The van der Waals surface area contributed by atoms with Gasteiger partial charge in [0.15, 0.2) is 11.8 Å². The lowest BCUT2D eigenvalue weighted by atomic mass is 10.2. The molecule has 0 N–H and O–H groups in total. The van der Waals surface area contributed by atoms with Gasteiger partial charge in [-0.15, -0.1) is 0 Å². The third-order valence-electron chi connectivity index (χ3n) is 2.75. The zero-order chi connectivity index (χ0) is 15.4. The van der Waals surface area contributed by atoms with Crippen LogP contribution in [-0.4, -0.2) is 36.7 Å². The van der Waals surface area contributed by atoms with Crippen molar-refractivity contribution >= 4 is 44.8 Å². The van der Waals surface area contributed by atoms with Crippen molar-refractivity contribution in [3.8, 4) is 11.8 Å². The maximum Gasteiger partial charge on any atom is 0.266 e. The van der Waals surface area contributed by atoms with Gasteiger partial charge in [0.05, 0.1) is 4.91 Å². The van der Waals surface area contributed by atoms with Crippen LogP contribution in [0.1, 0.15) is 5.56 Å². The largest absolute Gasteiger partial charge is 0.478 e. The van der Waals surface area contributed by atoms with Crippen molar-refractivity contribution in [1.29, 1.82) is 5.26 Å². The minimum atomic E-state index is -0.105. The normalized spacial score (nSPS) is 18.4. The van der Waals surface area contributed by atoms with Gasteiger partial charge in [-0.2, -0.15) is 5.26 Å². The van der Waals surface area contributed by atoms with E-state index in [4.69, 9.17) is 10.00 Å². The fourth-order valence-electron chi connectivity index (χ4n) is 1.76. The number of likely N-dealkylation sites (N-methyl/N-ethyl adjacent to an activating group) is 1. The lowest BCUT2D eigenvalue weighted by molar-refractivity contribution is -0.121. The number of hydrogen-bond acceptors (Lipinski definition) is 5. The van der Waals surface area contributed by atoms with Gasteiger partial charge in [0.2, 0.25) is 0 Å². The molecule has 0 unspecified atom stereocenters. The molecule has 1 amide bonds. The quantitative estimate of drug-likeness (QED) is 0.772. The topological polar surface area (TPSA) is 65.7 Å². The summed E-state index contributed by atoms with van der Waals surface area (Å²) in [4.78, 5) is 18.3. The van der Waals surface area contributed by atoms with Crippen LogP contribution in [0.5, 0.6) is 5.75 Å². The third kappa shape index (κ3) is 3.46. The van der Waals surface area contributed by atoms with Crippen molar-refractivity contribution in [1.82, 2.24) is 4.90 Å². The molecule has 1 fully saturated rings. The van der Waals surface area contributed by atoms with Crippen LogP contribution >= 0.6 is 27.7 Å². The number of halogens is 1. The predicted molar refractivity (Wildman–Crippen MR) is 86.9 cm³/mol. The van der Waals surface area contributed by atoms with Crippen LogP contribution in [0, 0.1) is 11.3 Å². The summed E-state index contributed by atoms with van der Waals surface area (Å²) >= 11 is 4.70. The molecule has 0 aliphatic carbocycles. The van der Waals surface area contributed by atoms with E-state index in [0.717, 1.165) is 10.0 Å². The van der Waals surface area contributed by atoms with Crippen LogP contribution < -0.4 is 4.74 Å². The van der Waals surface area contributed by atoms with Crippen LogP contribution in [0.15, 0.2) is 32.6 Å². The number of rotatable bonds is 3. The predicted octanol–water partition coefficient (Wildman–Crippen LogP) is 2.88. The molecule has 0 bridgehead atoms. The first kappa shape index (κ1) is 15.6. The van der Waals surface area contributed by atoms with Gasteiger partial charge in [0.1, 0.15) is 11.8 Å². The molecular weight excluding hydrogens is 354 g/mol. The number of nitriles is 1. The maximum atomic E-state index is 12.1. The standard InChI is InChI=1S/C14H12BrN3O2S/c1-17-14-18(2)13(19)12(21-14)8-9-7-10(15)3-4-11(9)20-6-5-16/h3-4,7-8H,6H2,1-2H3/b12-8+,17-14?. The molecule has 108 valence electrons. The average molecular weight is 366 g/mol. The summed E-state index contributed by atoms with van der Waals surface area (Å²) in [6.07, 6.45) is 1.75. The molecule has 7 heteroatoms. The number of benzene rings is 1. The molecule has 5 nitrogen and oxygen atoms in total. The van der Waals surface area contributed by atoms with Crippen LogP contribution in [0.25, 0.3) is 6.08 Å². The molecule has 21 heavy (non-hydrogen) atoms. The second kappa shape index (κ2) is 6.78. The molecule has 0 saturated carbocycles. The number of ether oxygens (including phenoxy) is 1. The minimum Gasteiger partial charge on any atom is -0.478 e. The Morgan fingerprint density at radius 2 is 2.33 bits per heavy atom. The minimum absolute atomic E-state index is 0.0412. The van der Waals surface area contributed by atoms with E-state index in [2.05, 4.69) is 20.9 Å². The van der Waals surface area contributed by atoms with Gasteiger partial charge in [0.25, 0.3) is 5.91 Å². The molecule has 1 aliphatic heterocycles. The van der Waals surface area contributed by atoms with Crippen LogP contribution in [0.2, 0.25) is 0 Å². The summed E-state index contributed by atoms with van der Waals surface area (Å²) in [6.45, 7) is -0.0412. The smallest absolute Gasteiger partial charge is 0.266 e. The second-order valence-electron chi connectivity index (χ2n) is 4.11. The number of carbonyl (C=O) groups excluding carboxylic acids is 1. The highest BCUT2D eigenvalue weighted by Gasteiger charge is 2.29. The number of thioether (sulfide) groups is 1. The van der Waals surface area contributed by atoms with Crippen molar-refractivity contribution < 1.29 is 9.53 Å². The highest BCUT2D eigenvalue weighted by atomic mass is 79.9. The fourth-order valence-corrected chi connectivity index (χ4v) is 3.06. The molecule has 2 rings (SSSR count). The number of hydrogen-bond donors (Lipinski definition) is 0. The Balaban J connectivity index is 2.38. The number of carbonyl (C=O) groups is 1. The van der Waals surface area contributed by atoms with E-state index in [1.54, 1.807) is 26.2 Å². The zero-order valence-electron chi connectivity index (χ0n) is 11.5. The number of nitrogens with zero attached hydrogens (tertiary/aromatic N) is 3. The van der Waals surface area contributed by atoms with Gasteiger partial charge < -0.3 is 4.74 Å². The highest BCUT2D eigenvalue weighted by molar-refractivity contribution is 9.10. The Morgan fingerprint density at radius 3 is 2.95 bits per heavy atom. The van der Waals surface area contributed by atoms with E-state index >= 15 is 0 Å². The van der Waals surface area contributed by atoms with Crippen LogP contribution in [0.3, 0.4) is 0 Å². The number of amidine groups is 1. The van der Waals surface area contributed by atoms with Crippen molar-refractivity contribution in [2.24, 2.45) is 4.99 Å². The molecule has 1 aliphatic rings. The van der Waals surface area contributed by atoms with Crippen molar-refractivity contribution in [2.45, 2.75) is 0 Å². The summed E-state index contributed by atoms with van der Waals surface area (Å²) in [7, 11) is 3.34. The Kier molecular flexibility index (Phi) is 5.04. The first-order valence-corrected chi connectivity index (χ1v) is 7.61. The van der Waals surface area contributed by atoms with Crippen LogP contribution in [0.4, 0.5) is 0 Å². The Bertz CT molecular complexity index is 679. The van der Waals surface area contributed by atoms with Gasteiger partial charge in [-0.25, -0.2) is 0 Å². The van der Waals surface area contributed by atoms with E-state index in [9.17, 15) is 4.79 Å². The van der Waals surface area contributed by atoms with E-state index in [1.165, 1.54) is 16.7 Å². The maximum absolute atomic E-state index is 12.1. The number of aliphatic imine (C=N–C) groups is 1. The lowest BCUT2D eigenvalue weighted by Gasteiger charge is -2.07. The molecule has 1 saturated heterocycles. The third-order valence-corrected chi connectivity index (χ3v) is 4.39.